The molecule has 4 heteroatoms. The van der Waals surface area contributed by atoms with Crippen molar-refractivity contribution < 1.29 is 4.42 Å². The van der Waals surface area contributed by atoms with Crippen molar-refractivity contribution in [1.82, 2.24) is 15.0 Å². The summed E-state index contributed by atoms with van der Waals surface area (Å²) in [4.78, 5) is 15.5. The number of hydrogen-bond donors (Lipinski definition) is 0. The normalized spacial score (nSPS) is 15.3. The van der Waals surface area contributed by atoms with Crippen LogP contribution in [-0.4, -0.2) is 15.0 Å². The molecule has 2 aliphatic rings. The molecule has 2 heterocycles. The number of benzene rings is 8. The summed E-state index contributed by atoms with van der Waals surface area (Å²) in [5, 5.41) is 4.61. The van der Waals surface area contributed by atoms with E-state index in [1.54, 1.807) is 0 Å². The molecule has 0 bridgehead atoms. The Balaban J connectivity index is 1.04. The Morgan fingerprint density at radius 2 is 0.949 bits per heavy atom. The van der Waals surface area contributed by atoms with Gasteiger partial charge in [-0.25, -0.2) is 15.0 Å². The second-order valence-electron chi connectivity index (χ2n) is 15.5. The summed E-state index contributed by atoms with van der Waals surface area (Å²) in [6.45, 7) is 0. The van der Waals surface area contributed by atoms with Crippen molar-refractivity contribution in [1.29, 1.82) is 0 Å². The van der Waals surface area contributed by atoms with Crippen molar-refractivity contribution in [2.24, 2.45) is 0 Å². The molecule has 2 unspecified atom stereocenters. The lowest BCUT2D eigenvalue weighted by molar-refractivity contribution is 0.669. The van der Waals surface area contributed by atoms with Gasteiger partial charge >= 0.3 is 0 Å². The van der Waals surface area contributed by atoms with E-state index < -0.39 is 0 Å². The molecule has 8 aromatic carbocycles. The lowest BCUT2D eigenvalue weighted by atomic mass is 9.69. The zero-order valence-electron chi connectivity index (χ0n) is 32.0. The van der Waals surface area contributed by atoms with Crippen LogP contribution in [0.5, 0.6) is 0 Å². The van der Waals surface area contributed by atoms with Gasteiger partial charge in [0.1, 0.15) is 11.2 Å². The standard InChI is InChI=1S/C55H35N3O/c1-2-14-36(15-3-1)53-56-54(37-27-25-35(26-28-37)41-23-12-16-34-13-4-5-17-40(34)41)58-55(57-53)39-32-48(52-47-22-10-11-24-50(47)59-51(52)33-39)38-29-30-46-44-20-7-6-18-42(44)43-19-8-9-21-45(43)49(46)31-38/h1-33,43,45H. The fourth-order valence-electron chi connectivity index (χ4n) is 9.32. The monoisotopic (exact) mass is 753 g/mol. The molecule has 0 radical (unpaired) electrons. The Bertz CT molecular complexity index is 3330. The van der Waals surface area contributed by atoms with Gasteiger partial charge in [-0.3, -0.25) is 0 Å². The summed E-state index contributed by atoms with van der Waals surface area (Å²) in [6, 6.07) is 62.2. The Labute approximate surface area is 341 Å². The first-order chi connectivity index (χ1) is 29.2. The van der Waals surface area contributed by atoms with E-state index in [0.717, 1.165) is 55.3 Å². The van der Waals surface area contributed by atoms with E-state index >= 15 is 0 Å². The molecule has 2 atom stereocenters. The average molecular weight is 754 g/mol. The molecule has 59 heavy (non-hydrogen) atoms. The molecule has 0 saturated heterocycles. The second kappa shape index (κ2) is 13.5. The number of hydrogen-bond acceptors (Lipinski definition) is 4. The van der Waals surface area contributed by atoms with Gasteiger partial charge in [-0.2, -0.15) is 0 Å². The highest BCUT2D eigenvalue weighted by Crippen LogP contribution is 2.51. The Morgan fingerprint density at radius 3 is 1.78 bits per heavy atom. The fraction of sp³-hybridized carbons (Fsp3) is 0.0364. The van der Waals surface area contributed by atoms with Gasteiger partial charge in [-0.1, -0.05) is 176 Å². The highest BCUT2D eigenvalue weighted by molar-refractivity contribution is 6.13. The van der Waals surface area contributed by atoms with Crippen molar-refractivity contribution in [3.8, 4) is 67.5 Å². The quantitative estimate of drug-likeness (QED) is 0.176. The zero-order chi connectivity index (χ0) is 38.9. The van der Waals surface area contributed by atoms with Gasteiger partial charge in [0.05, 0.1) is 0 Å². The van der Waals surface area contributed by atoms with Gasteiger partial charge in [0.15, 0.2) is 17.5 Å². The highest BCUT2D eigenvalue weighted by atomic mass is 16.3. The first-order valence-corrected chi connectivity index (χ1v) is 20.2. The van der Waals surface area contributed by atoms with E-state index in [1.807, 2.05) is 42.5 Å². The average Bonchev–Trinajstić information content (AvgIpc) is 3.70. The lowest BCUT2D eigenvalue weighted by Gasteiger charge is -2.34. The van der Waals surface area contributed by atoms with Crippen LogP contribution in [0.2, 0.25) is 0 Å². The van der Waals surface area contributed by atoms with Gasteiger partial charge in [-0.05, 0) is 79.5 Å². The molecule has 0 aliphatic heterocycles. The Kier molecular flexibility index (Phi) is 7.63. The Hall–Kier alpha value is -7.69. The SMILES string of the molecule is C1=CC2c3ccccc3-c3ccc(-c4cc(-c5nc(-c6ccccc6)nc(-c6ccc(-c7cccc8ccccc78)cc6)n5)cc5oc6ccccc6c45)cc3C2C=C1. The molecule has 0 fully saturated rings. The van der Waals surface area contributed by atoms with Gasteiger partial charge < -0.3 is 4.42 Å². The number of nitrogens with zero attached hydrogens (tertiary/aromatic N) is 3. The van der Waals surface area contributed by atoms with Gasteiger partial charge in [-0.15, -0.1) is 0 Å². The molecule has 10 aromatic rings. The number of para-hydroxylation sites is 1. The van der Waals surface area contributed by atoms with E-state index in [9.17, 15) is 0 Å². The van der Waals surface area contributed by atoms with Gasteiger partial charge in [0.2, 0.25) is 0 Å². The third kappa shape index (κ3) is 5.56. The summed E-state index contributed by atoms with van der Waals surface area (Å²) in [7, 11) is 0. The van der Waals surface area contributed by atoms with Crippen molar-refractivity contribution in [3.63, 3.8) is 0 Å². The van der Waals surface area contributed by atoms with Crippen LogP contribution in [-0.2, 0) is 0 Å². The highest BCUT2D eigenvalue weighted by Gasteiger charge is 2.32. The van der Waals surface area contributed by atoms with Crippen LogP contribution in [0.3, 0.4) is 0 Å². The number of rotatable bonds is 5. The molecule has 4 nitrogen and oxygen atoms in total. The van der Waals surface area contributed by atoms with E-state index in [2.05, 4.69) is 158 Å². The molecule has 0 saturated carbocycles. The first-order valence-electron chi connectivity index (χ1n) is 20.2. The predicted octanol–water partition coefficient (Wildman–Crippen LogP) is 14.2. The number of furan rings is 1. The second-order valence-corrected chi connectivity index (χ2v) is 15.5. The lowest BCUT2D eigenvalue weighted by Crippen LogP contribution is -2.16. The first kappa shape index (κ1) is 33.4. The van der Waals surface area contributed by atoms with Crippen LogP contribution in [0.25, 0.3) is 100 Å². The molecular formula is C55H35N3O. The maximum absolute atomic E-state index is 6.65. The number of aromatic nitrogens is 3. The molecule has 2 aromatic heterocycles. The molecular weight excluding hydrogens is 719 g/mol. The maximum Gasteiger partial charge on any atom is 0.164 e. The van der Waals surface area contributed by atoms with Crippen molar-refractivity contribution >= 4 is 32.7 Å². The molecule has 0 N–H and O–H groups in total. The number of allylic oxidation sites excluding steroid dienone is 4. The minimum Gasteiger partial charge on any atom is -0.456 e. The summed E-state index contributed by atoms with van der Waals surface area (Å²) in [5.41, 5.74) is 14.2. The largest absolute Gasteiger partial charge is 0.456 e. The number of fused-ring (bicyclic) bond motifs is 10. The molecule has 0 spiro atoms. The van der Waals surface area contributed by atoms with Gasteiger partial charge in [0.25, 0.3) is 0 Å². The molecule has 12 rings (SSSR count). The summed E-state index contributed by atoms with van der Waals surface area (Å²) in [6.07, 6.45) is 9.08. The topological polar surface area (TPSA) is 51.8 Å². The van der Waals surface area contributed by atoms with Crippen molar-refractivity contribution in [2.45, 2.75) is 11.8 Å². The summed E-state index contributed by atoms with van der Waals surface area (Å²) >= 11 is 0. The predicted molar refractivity (Wildman–Crippen MR) is 241 cm³/mol. The van der Waals surface area contributed by atoms with Crippen LogP contribution < -0.4 is 0 Å². The summed E-state index contributed by atoms with van der Waals surface area (Å²) in [5.74, 6) is 2.35. The van der Waals surface area contributed by atoms with Crippen LogP contribution >= 0.6 is 0 Å². The van der Waals surface area contributed by atoms with Crippen LogP contribution in [0, 0.1) is 0 Å². The van der Waals surface area contributed by atoms with Crippen molar-refractivity contribution in [3.05, 3.63) is 211 Å². The van der Waals surface area contributed by atoms with E-state index in [0.29, 0.717) is 23.4 Å². The summed E-state index contributed by atoms with van der Waals surface area (Å²) < 4.78 is 6.65. The van der Waals surface area contributed by atoms with Gasteiger partial charge in [0, 0.05) is 39.3 Å². The zero-order valence-corrected chi connectivity index (χ0v) is 32.0. The molecule has 0 amide bonds. The third-order valence-electron chi connectivity index (χ3n) is 12.1. The van der Waals surface area contributed by atoms with Crippen molar-refractivity contribution in [2.75, 3.05) is 0 Å². The van der Waals surface area contributed by atoms with E-state index in [1.165, 1.54) is 38.6 Å². The third-order valence-corrected chi connectivity index (χ3v) is 12.1. The van der Waals surface area contributed by atoms with Crippen LogP contribution in [0.4, 0.5) is 0 Å². The van der Waals surface area contributed by atoms with E-state index in [-0.39, 0.29) is 5.92 Å². The smallest absolute Gasteiger partial charge is 0.164 e. The van der Waals surface area contributed by atoms with E-state index in [4.69, 9.17) is 19.4 Å². The minimum absolute atomic E-state index is 0.246. The molecule has 2 aliphatic carbocycles. The van der Waals surface area contributed by atoms with Crippen LogP contribution in [0.1, 0.15) is 23.0 Å². The Morgan fingerprint density at radius 1 is 0.356 bits per heavy atom. The fourth-order valence-corrected chi connectivity index (χ4v) is 9.32. The maximum atomic E-state index is 6.65. The minimum atomic E-state index is 0.246. The molecule has 276 valence electrons. The van der Waals surface area contributed by atoms with Crippen LogP contribution in [0.15, 0.2) is 205 Å².